The predicted octanol–water partition coefficient (Wildman–Crippen LogP) is 6.07. The minimum atomic E-state index is -4.25. The summed E-state index contributed by atoms with van der Waals surface area (Å²) in [7, 11) is -1.32. The van der Waals surface area contributed by atoms with Crippen molar-refractivity contribution >= 4 is 43.5 Å². The Kier molecular flexibility index (Phi) is 12.4. The Hall–Kier alpha value is -4.35. The summed E-state index contributed by atoms with van der Waals surface area (Å²) in [4.78, 5) is 30.0. The summed E-state index contributed by atoms with van der Waals surface area (Å²) in [6.07, 6.45) is 0.231. The van der Waals surface area contributed by atoms with Crippen LogP contribution in [0.4, 0.5) is 5.69 Å². The van der Waals surface area contributed by atoms with Crippen LogP contribution in [0.25, 0.3) is 0 Å². The number of methoxy groups -OCH3 is 2. The maximum Gasteiger partial charge on any atom is 0.264 e. The van der Waals surface area contributed by atoms with Crippen LogP contribution in [0.3, 0.4) is 0 Å². The van der Waals surface area contributed by atoms with Crippen LogP contribution in [-0.2, 0) is 32.6 Å². The van der Waals surface area contributed by atoms with Gasteiger partial charge in [0.25, 0.3) is 10.0 Å². The number of rotatable bonds is 15. The van der Waals surface area contributed by atoms with E-state index in [2.05, 4.69) is 21.2 Å². The van der Waals surface area contributed by atoms with Gasteiger partial charge in [-0.05, 0) is 53.4 Å². The number of carbonyl (C=O) groups excluding carboxylic acids is 2. The average molecular weight is 723 g/mol. The third-order valence-electron chi connectivity index (χ3n) is 7.49. The summed E-state index contributed by atoms with van der Waals surface area (Å²) in [6, 6.07) is 28.5. The Morgan fingerprint density at radius 2 is 1.43 bits per heavy atom. The molecule has 0 fully saturated rings. The van der Waals surface area contributed by atoms with Gasteiger partial charge in [0.15, 0.2) is 11.5 Å². The smallest absolute Gasteiger partial charge is 0.264 e. The minimum Gasteiger partial charge on any atom is -0.493 e. The largest absolute Gasteiger partial charge is 0.493 e. The number of benzene rings is 4. The van der Waals surface area contributed by atoms with Crippen LogP contribution in [0.2, 0.25) is 0 Å². The topological polar surface area (TPSA) is 105 Å². The number of ether oxygens (including phenoxy) is 2. The fourth-order valence-electron chi connectivity index (χ4n) is 4.99. The number of carbonyl (C=O) groups is 2. The van der Waals surface area contributed by atoms with Crippen molar-refractivity contribution in [2.75, 3.05) is 31.6 Å². The SMILES string of the molecule is COc1ccc(N(CC(=O)N(Cc2ccc(Br)cc2)C(Cc2ccccc2)C(=O)NCC(C)C)S(=O)(=O)c2ccccc2)cc1OC. The van der Waals surface area contributed by atoms with Crippen molar-refractivity contribution in [1.82, 2.24) is 10.2 Å². The summed E-state index contributed by atoms with van der Waals surface area (Å²) >= 11 is 3.46. The summed E-state index contributed by atoms with van der Waals surface area (Å²) in [6.45, 7) is 3.90. The summed E-state index contributed by atoms with van der Waals surface area (Å²) < 4.78 is 41.2. The molecule has 0 saturated carbocycles. The second kappa shape index (κ2) is 16.5. The molecule has 0 saturated heterocycles. The van der Waals surface area contributed by atoms with Crippen molar-refractivity contribution < 1.29 is 27.5 Å². The molecule has 4 rings (SSSR count). The van der Waals surface area contributed by atoms with Crippen molar-refractivity contribution in [2.45, 2.75) is 37.8 Å². The zero-order valence-corrected chi connectivity index (χ0v) is 29.3. The van der Waals surface area contributed by atoms with E-state index in [1.807, 2.05) is 68.4 Å². The van der Waals surface area contributed by atoms with E-state index in [1.54, 1.807) is 30.3 Å². The highest BCUT2D eigenvalue weighted by Crippen LogP contribution is 2.34. The van der Waals surface area contributed by atoms with Crippen LogP contribution in [-0.4, -0.2) is 58.5 Å². The van der Waals surface area contributed by atoms with Crippen molar-refractivity contribution in [3.8, 4) is 11.5 Å². The Bertz CT molecular complexity index is 1740. The molecule has 248 valence electrons. The Balaban J connectivity index is 1.82. The highest BCUT2D eigenvalue weighted by Gasteiger charge is 2.35. The normalized spacial score (nSPS) is 11.9. The molecule has 0 heterocycles. The Labute approximate surface area is 285 Å². The van der Waals surface area contributed by atoms with Gasteiger partial charge in [-0.1, -0.05) is 90.4 Å². The number of anilines is 1. The molecule has 4 aromatic rings. The van der Waals surface area contributed by atoms with Crippen molar-refractivity contribution in [2.24, 2.45) is 5.92 Å². The summed E-state index contributed by atoms with van der Waals surface area (Å²) in [5.74, 6) is 0.0108. The lowest BCUT2D eigenvalue weighted by atomic mass is 10.0. The first-order valence-corrected chi connectivity index (χ1v) is 17.4. The zero-order chi connectivity index (χ0) is 34.0. The fourth-order valence-corrected chi connectivity index (χ4v) is 6.68. The van der Waals surface area contributed by atoms with Gasteiger partial charge in [-0.3, -0.25) is 13.9 Å². The summed E-state index contributed by atoms with van der Waals surface area (Å²) in [5.41, 5.74) is 1.84. The summed E-state index contributed by atoms with van der Waals surface area (Å²) in [5, 5.41) is 3.00. The molecule has 1 atom stereocenters. The maximum absolute atomic E-state index is 14.6. The Morgan fingerprint density at radius 1 is 0.809 bits per heavy atom. The van der Waals surface area contributed by atoms with Crippen LogP contribution in [0, 0.1) is 5.92 Å². The van der Waals surface area contributed by atoms with Crippen molar-refractivity contribution in [3.63, 3.8) is 0 Å². The standard InChI is InChI=1S/C36H40BrN3O6S/c1-26(2)23-38-36(42)32(21-27-11-7-5-8-12-27)39(24-28-15-17-29(37)18-16-28)35(41)25-40(47(43,44)31-13-9-6-10-14-31)30-19-20-33(45-3)34(22-30)46-4/h5-20,22,26,32H,21,23-25H2,1-4H3,(H,38,42). The minimum absolute atomic E-state index is 0.0116. The Morgan fingerprint density at radius 3 is 2.02 bits per heavy atom. The number of hydrogen-bond acceptors (Lipinski definition) is 6. The second-order valence-electron chi connectivity index (χ2n) is 11.4. The van der Waals surface area contributed by atoms with Crippen LogP contribution in [0.1, 0.15) is 25.0 Å². The van der Waals surface area contributed by atoms with Gasteiger partial charge >= 0.3 is 0 Å². The molecule has 0 aliphatic carbocycles. The van der Waals surface area contributed by atoms with Gasteiger partial charge in [0.05, 0.1) is 24.8 Å². The molecule has 0 aliphatic heterocycles. The van der Waals surface area contributed by atoms with E-state index in [4.69, 9.17) is 9.47 Å². The van der Waals surface area contributed by atoms with Crippen LogP contribution in [0.5, 0.6) is 11.5 Å². The lowest BCUT2D eigenvalue weighted by Gasteiger charge is -2.34. The van der Waals surface area contributed by atoms with E-state index < -0.39 is 28.5 Å². The van der Waals surface area contributed by atoms with E-state index in [-0.39, 0.29) is 35.4 Å². The number of nitrogens with one attached hydrogen (secondary N) is 1. The van der Waals surface area contributed by atoms with Gasteiger partial charge in [0.1, 0.15) is 12.6 Å². The van der Waals surface area contributed by atoms with Gasteiger partial charge in [0.2, 0.25) is 11.8 Å². The highest BCUT2D eigenvalue weighted by molar-refractivity contribution is 9.10. The van der Waals surface area contributed by atoms with E-state index >= 15 is 0 Å². The second-order valence-corrected chi connectivity index (χ2v) is 14.1. The molecule has 0 radical (unpaired) electrons. The molecular formula is C36H40BrN3O6S. The maximum atomic E-state index is 14.6. The molecule has 47 heavy (non-hydrogen) atoms. The predicted molar refractivity (Wildman–Crippen MR) is 187 cm³/mol. The molecular weight excluding hydrogens is 682 g/mol. The third-order valence-corrected chi connectivity index (χ3v) is 9.80. The molecule has 0 aromatic heterocycles. The first-order chi connectivity index (χ1) is 22.5. The number of amides is 2. The monoisotopic (exact) mass is 721 g/mol. The van der Waals surface area contributed by atoms with Crippen molar-refractivity contribution in [1.29, 1.82) is 0 Å². The third kappa shape index (κ3) is 9.36. The first kappa shape index (κ1) is 35.5. The molecule has 9 nitrogen and oxygen atoms in total. The van der Waals surface area contributed by atoms with Gasteiger partial charge in [-0.2, -0.15) is 0 Å². The van der Waals surface area contributed by atoms with E-state index in [9.17, 15) is 18.0 Å². The van der Waals surface area contributed by atoms with E-state index in [0.717, 1.165) is 19.9 Å². The molecule has 4 aromatic carbocycles. The molecule has 0 bridgehead atoms. The van der Waals surface area contributed by atoms with Gasteiger partial charge < -0.3 is 19.7 Å². The molecule has 1 N–H and O–H groups in total. The highest BCUT2D eigenvalue weighted by atomic mass is 79.9. The molecule has 2 amide bonds. The van der Waals surface area contributed by atoms with Gasteiger partial charge in [0, 0.05) is 30.0 Å². The number of nitrogens with zero attached hydrogens (tertiary/aromatic N) is 2. The fraction of sp³-hybridized carbons (Fsp3) is 0.278. The van der Waals surface area contributed by atoms with Crippen LogP contribution < -0.4 is 19.1 Å². The quantitative estimate of drug-likeness (QED) is 0.160. The van der Waals surface area contributed by atoms with E-state index in [0.29, 0.717) is 18.0 Å². The van der Waals surface area contributed by atoms with Crippen molar-refractivity contribution in [3.05, 3.63) is 119 Å². The molecule has 0 spiro atoms. The first-order valence-electron chi connectivity index (χ1n) is 15.2. The number of sulfonamides is 1. The molecule has 0 aliphatic rings. The average Bonchev–Trinajstić information content (AvgIpc) is 3.08. The lowest BCUT2D eigenvalue weighted by Crippen LogP contribution is -2.53. The van der Waals surface area contributed by atoms with E-state index in [1.165, 1.54) is 37.3 Å². The van der Waals surface area contributed by atoms with Crippen LogP contribution >= 0.6 is 15.9 Å². The lowest BCUT2D eigenvalue weighted by molar-refractivity contribution is -0.140. The molecule has 11 heteroatoms. The number of hydrogen-bond donors (Lipinski definition) is 1. The molecule has 1 unspecified atom stereocenters. The van der Waals surface area contributed by atoms with Gasteiger partial charge in [-0.25, -0.2) is 8.42 Å². The number of halogens is 1. The van der Waals surface area contributed by atoms with Gasteiger partial charge in [-0.15, -0.1) is 0 Å². The van der Waals surface area contributed by atoms with Crippen LogP contribution in [0.15, 0.2) is 112 Å². The zero-order valence-electron chi connectivity index (χ0n) is 26.9.